The van der Waals surface area contributed by atoms with Crippen molar-refractivity contribution < 1.29 is 23.5 Å². The molecule has 0 saturated carbocycles. The Bertz CT molecular complexity index is 270. The first-order valence-corrected chi connectivity index (χ1v) is 3.79. The third kappa shape index (κ3) is 5.42. The second kappa shape index (κ2) is 7.81. The van der Waals surface area contributed by atoms with Crippen LogP contribution in [0.2, 0.25) is 0 Å². The largest absolute Gasteiger partial charge is 2.00 e. The predicted octanol–water partition coefficient (Wildman–Crippen LogP) is 2.30. The van der Waals surface area contributed by atoms with Crippen LogP contribution in [-0.4, -0.2) is 5.11 Å². The Labute approximate surface area is 90.6 Å². The number of aliphatic hydroxyl groups excluding tert-OH is 1. The first-order chi connectivity index (χ1) is 6.30. The Hall–Kier alpha value is -0.821. The van der Waals surface area contributed by atoms with E-state index in [9.17, 15) is 0 Å². The van der Waals surface area contributed by atoms with Crippen LogP contribution < -0.4 is 0 Å². The van der Waals surface area contributed by atoms with E-state index in [0.29, 0.717) is 5.56 Å². The molecule has 1 unspecified atom stereocenters. The maximum atomic E-state index is 8.58. The van der Waals surface area contributed by atoms with Crippen LogP contribution in [0.25, 0.3) is 0 Å². The van der Waals surface area contributed by atoms with E-state index in [1.165, 1.54) is 0 Å². The molecule has 0 spiro atoms. The van der Waals surface area contributed by atoms with E-state index in [0.717, 1.165) is 0 Å². The van der Waals surface area contributed by atoms with E-state index >= 15 is 0 Å². The smallest absolute Gasteiger partial charge is 0.404 e. The van der Waals surface area contributed by atoms with E-state index in [4.69, 9.17) is 6.48 Å². The van der Waals surface area contributed by atoms with Gasteiger partial charge in [0.1, 0.15) is 0 Å². The summed E-state index contributed by atoms with van der Waals surface area (Å²) in [6.07, 6.45) is 0. The SMILES string of the molecule is [2H]C(O)[c-]1cccc1.[Fe+2].c1cc[cH-]c1. The van der Waals surface area contributed by atoms with Crippen LogP contribution in [0.1, 0.15) is 6.93 Å². The zero-order valence-electron chi connectivity index (χ0n) is 8.07. The summed E-state index contributed by atoms with van der Waals surface area (Å²) in [5, 5.41) is 8.58. The van der Waals surface area contributed by atoms with Crippen molar-refractivity contribution in [2.45, 2.75) is 6.58 Å². The standard InChI is InChI=1S/C6H7O.C5H5.Fe/c7-5-6-3-1-2-4-6;1-2-4-5-3-1;/h1-4,7H,5H2;1-5H;/q2*-1;+2/i5D;;. The van der Waals surface area contributed by atoms with Crippen LogP contribution in [0.4, 0.5) is 0 Å². The van der Waals surface area contributed by atoms with Crippen LogP contribution in [-0.2, 0) is 23.7 Å². The van der Waals surface area contributed by atoms with E-state index in [1.807, 2.05) is 30.3 Å². The molecular weight excluding hydrogens is 204 g/mol. The molecule has 1 N–H and O–H groups in total. The van der Waals surface area contributed by atoms with E-state index in [1.54, 1.807) is 24.3 Å². The van der Waals surface area contributed by atoms with Crippen molar-refractivity contribution >= 4 is 0 Å². The fraction of sp³-hybridized carbons (Fsp3) is 0.0909. The molecule has 0 aromatic heterocycles. The molecule has 2 heteroatoms. The quantitative estimate of drug-likeness (QED) is 0.574. The van der Waals surface area contributed by atoms with E-state index < -0.39 is 6.58 Å². The Morgan fingerprint density at radius 1 is 1.15 bits per heavy atom. The number of rotatable bonds is 1. The molecular formula is C11H12FeO. The summed E-state index contributed by atoms with van der Waals surface area (Å²) >= 11 is 0. The summed E-state index contributed by atoms with van der Waals surface area (Å²) in [5.74, 6) is 0. The number of hydrogen-bond acceptors (Lipinski definition) is 1. The summed E-state index contributed by atoms with van der Waals surface area (Å²) in [6, 6.07) is 17.0. The zero-order chi connectivity index (χ0) is 9.52. The van der Waals surface area contributed by atoms with Gasteiger partial charge in [-0.2, -0.15) is 30.3 Å². The number of aliphatic hydroxyl groups is 1. The van der Waals surface area contributed by atoms with Gasteiger partial charge in [-0.3, -0.25) is 0 Å². The molecule has 0 aliphatic carbocycles. The van der Waals surface area contributed by atoms with Gasteiger partial charge in [-0.05, 0) is 0 Å². The van der Waals surface area contributed by atoms with Gasteiger partial charge in [-0.25, -0.2) is 24.3 Å². The topological polar surface area (TPSA) is 20.2 Å². The first-order valence-electron chi connectivity index (χ1n) is 4.37. The van der Waals surface area contributed by atoms with Gasteiger partial charge >= 0.3 is 17.1 Å². The molecule has 2 aromatic carbocycles. The molecule has 0 saturated heterocycles. The Kier molecular flexibility index (Phi) is 6.16. The zero-order valence-corrected chi connectivity index (χ0v) is 8.18. The molecule has 70 valence electrons. The predicted molar refractivity (Wildman–Crippen MR) is 50.0 cm³/mol. The molecule has 0 bridgehead atoms. The van der Waals surface area contributed by atoms with Crippen molar-refractivity contribution in [1.29, 1.82) is 0 Å². The normalized spacial score (nSPS) is 11.6. The Balaban J connectivity index is 0.000000246. The van der Waals surface area contributed by atoms with Crippen molar-refractivity contribution in [1.82, 2.24) is 0 Å². The fourth-order valence-corrected chi connectivity index (χ4v) is 0.796. The van der Waals surface area contributed by atoms with Crippen molar-refractivity contribution in [3.8, 4) is 0 Å². The molecule has 0 radical (unpaired) electrons. The summed E-state index contributed by atoms with van der Waals surface area (Å²) in [6.45, 7) is -1.06. The molecule has 0 heterocycles. The van der Waals surface area contributed by atoms with Crippen LogP contribution in [0.15, 0.2) is 54.6 Å². The molecule has 2 aromatic rings. The molecule has 0 aliphatic rings. The van der Waals surface area contributed by atoms with Gasteiger partial charge in [-0.1, -0.05) is 0 Å². The third-order valence-electron chi connectivity index (χ3n) is 1.39. The van der Waals surface area contributed by atoms with Crippen LogP contribution in [0.3, 0.4) is 0 Å². The number of hydrogen-bond donors (Lipinski definition) is 1. The van der Waals surface area contributed by atoms with Crippen molar-refractivity contribution in [3.05, 3.63) is 60.2 Å². The molecule has 0 fully saturated rings. The van der Waals surface area contributed by atoms with Gasteiger partial charge in [0.25, 0.3) is 0 Å². The molecule has 2 rings (SSSR count). The Morgan fingerprint density at radius 3 is 1.92 bits per heavy atom. The molecule has 0 aliphatic heterocycles. The van der Waals surface area contributed by atoms with Crippen LogP contribution in [0, 0.1) is 0 Å². The van der Waals surface area contributed by atoms with Crippen LogP contribution in [0.5, 0.6) is 0 Å². The maximum Gasteiger partial charge on any atom is 2.00 e. The molecule has 0 amide bonds. The minimum Gasteiger partial charge on any atom is -0.404 e. The van der Waals surface area contributed by atoms with Gasteiger partial charge in [0, 0.05) is 7.95 Å². The van der Waals surface area contributed by atoms with Gasteiger partial charge in [-0.15, -0.1) is 5.56 Å². The summed E-state index contributed by atoms with van der Waals surface area (Å²) in [4.78, 5) is 0. The first kappa shape index (κ1) is 10.3. The van der Waals surface area contributed by atoms with Gasteiger partial charge in [0.15, 0.2) is 0 Å². The average molecular weight is 217 g/mol. The van der Waals surface area contributed by atoms with Gasteiger partial charge < -0.3 is 5.11 Å². The minimum atomic E-state index is -1.06. The van der Waals surface area contributed by atoms with Crippen molar-refractivity contribution in [2.75, 3.05) is 0 Å². The van der Waals surface area contributed by atoms with Gasteiger partial charge in [0.2, 0.25) is 0 Å². The summed E-state index contributed by atoms with van der Waals surface area (Å²) in [7, 11) is 0. The van der Waals surface area contributed by atoms with E-state index in [2.05, 4.69) is 0 Å². The minimum absolute atomic E-state index is 0. The monoisotopic (exact) mass is 217 g/mol. The van der Waals surface area contributed by atoms with Gasteiger partial charge in [0.05, 0.1) is 0 Å². The third-order valence-corrected chi connectivity index (χ3v) is 1.39. The summed E-state index contributed by atoms with van der Waals surface area (Å²) in [5.41, 5.74) is 0.657. The second-order valence-electron chi connectivity index (χ2n) is 2.31. The molecule has 13 heavy (non-hydrogen) atoms. The van der Waals surface area contributed by atoms with Crippen molar-refractivity contribution in [2.24, 2.45) is 0 Å². The molecule has 1 nitrogen and oxygen atoms in total. The van der Waals surface area contributed by atoms with Crippen molar-refractivity contribution in [3.63, 3.8) is 0 Å². The van der Waals surface area contributed by atoms with Crippen LogP contribution >= 0.6 is 0 Å². The molecule has 1 atom stereocenters. The Morgan fingerprint density at radius 2 is 1.69 bits per heavy atom. The average Bonchev–Trinajstić information content (AvgIpc) is 2.82. The second-order valence-corrected chi connectivity index (χ2v) is 2.31. The maximum absolute atomic E-state index is 8.58. The fourth-order valence-electron chi connectivity index (χ4n) is 0.796. The summed E-state index contributed by atoms with van der Waals surface area (Å²) < 4.78 is 6.79. The van der Waals surface area contributed by atoms with E-state index in [-0.39, 0.29) is 17.1 Å².